The monoisotopic (exact) mass is 595 g/mol. The minimum Gasteiger partial charge on any atom is -0.456 e. The summed E-state index contributed by atoms with van der Waals surface area (Å²) in [6.07, 6.45) is 0. The number of hydrogen-bond donors (Lipinski definition) is 0. The van der Waals surface area contributed by atoms with Gasteiger partial charge in [-0.3, -0.25) is 0 Å². The molecule has 2 nitrogen and oxygen atoms in total. The maximum atomic E-state index is 9.49. The second kappa shape index (κ2) is 9.78. The van der Waals surface area contributed by atoms with Gasteiger partial charge in [0.05, 0.1) is 11.6 Å². The minimum atomic E-state index is 0.592. The summed E-state index contributed by atoms with van der Waals surface area (Å²) in [6, 6.07) is 56.4. The summed E-state index contributed by atoms with van der Waals surface area (Å²) in [5, 5.41) is 21.7. The first kappa shape index (κ1) is 25.9. The lowest BCUT2D eigenvalue weighted by Crippen LogP contribution is -1.98. The Labute approximate surface area is 271 Å². The van der Waals surface area contributed by atoms with Gasteiger partial charge in [0.1, 0.15) is 11.5 Å². The van der Waals surface area contributed by atoms with Crippen molar-refractivity contribution in [2.24, 2.45) is 0 Å². The molecule has 0 atom stereocenters. The van der Waals surface area contributed by atoms with Gasteiger partial charge in [0, 0.05) is 10.9 Å². The van der Waals surface area contributed by atoms with Crippen LogP contribution in [0.4, 0.5) is 0 Å². The molecular weight excluding hydrogens is 571 g/mol. The first-order valence-electron chi connectivity index (χ1n) is 15.9. The normalized spacial score (nSPS) is 12.0. The fraction of sp³-hybridized carbons (Fsp3) is 0. The molecule has 0 bridgehead atoms. The van der Waals surface area contributed by atoms with Crippen LogP contribution in [0.2, 0.25) is 0 Å². The topological polar surface area (TPSA) is 33.0 Å². The molecule has 1 aliphatic rings. The third kappa shape index (κ3) is 3.72. The van der Waals surface area contributed by atoms with Crippen LogP contribution in [0.3, 0.4) is 0 Å². The van der Waals surface area contributed by atoms with Gasteiger partial charge in [-0.25, -0.2) is 0 Å². The minimum absolute atomic E-state index is 0.592. The van der Waals surface area contributed by atoms with Crippen molar-refractivity contribution >= 4 is 53.9 Å². The molecule has 0 fully saturated rings. The van der Waals surface area contributed by atoms with Crippen LogP contribution >= 0.6 is 0 Å². The Balaban J connectivity index is 1.29. The Morgan fingerprint density at radius 2 is 0.915 bits per heavy atom. The molecule has 9 aromatic rings. The summed E-state index contributed by atoms with van der Waals surface area (Å²) >= 11 is 0. The van der Waals surface area contributed by atoms with Crippen molar-refractivity contribution in [1.82, 2.24) is 0 Å². The number of benzene rings is 9. The molecule has 10 rings (SSSR count). The Bertz CT molecular complexity index is 2830. The molecule has 0 N–H and O–H groups in total. The largest absolute Gasteiger partial charge is 0.456 e. The molecule has 0 radical (unpaired) electrons. The molecule has 1 heterocycles. The highest BCUT2D eigenvalue weighted by molar-refractivity contribution is 6.26. The zero-order valence-corrected chi connectivity index (χ0v) is 25.3. The second-order valence-corrected chi connectivity index (χ2v) is 12.3. The van der Waals surface area contributed by atoms with E-state index >= 15 is 0 Å². The maximum Gasteiger partial charge on any atom is 0.136 e. The van der Waals surface area contributed by atoms with E-state index in [-0.39, 0.29) is 0 Å². The van der Waals surface area contributed by atoms with Crippen LogP contribution in [0.1, 0.15) is 5.56 Å². The van der Waals surface area contributed by atoms with Crippen molar-refractivity contribution in [1.29, 1.82) is 5.26 Å². The predicted octanol–water partition coefficient (Wildman–Crippen LogP) is 12.4. The SMILES string of the molecule is N#Cc1ccc2c(c1)Oc1ccc(-c3cc4c5ccccc5c(-c5cccc6ccccc56)cc4c4ccccc34)c3cccc-2c13. The van der Waals surface area contributed by atoms with E-state index < -0.39 is 0 Å². The predicted molar refractivity (Wildman–Crippen MR) is 195 cm³/mol. The lowest BCUT2D eigenvalue weighted by Gasteiger charge is -2.23. The molecule has 216 valence electrons. The highest BCUT2D eigenvalue weighted by atomic mass is 16.5. The summed E-state index contributed by atoms with van der Waals surface area (Å²) in [6.45, 7) is 0. The van der Waals surface area contributed by atoms with E-state index in [0.29, 0.717) is 5.56 Å². The number of ether oxygens (including phenoxy) is 1. The zero-order valence-electron chi connectivity index (χ0n) is 25.3. The third-order valence-electron chi connectivity index (χ3n) is 9.88. The van der Waals surface area contributed by atoms with E-state index in [1.54, 1.807) is 0 Å². The first-order valence-corrected chi connectivity index (χ1v) is 15.9. The van der Waals surface area contributed by atoms with E-state index in [9.17, 15) is 5.26 Å². The molecule has 2 heteroatoms. The van der Waals surface area contributed by atoms with Crippen LogP contribution in [0, 0.1) is 11.3 Å². The first-order chi connectivity index (χ1) is 23.3. The van der Waals surface area contributed by atoms with Crippen LogP contribution in [0.15, 0.2) is 152 Å². The number of hydrogen-bond acceptors (Lipinski definition) is 2. The van der Waals surface area contributed by atoms with Crippen LogP contribution in [0.5, 0.6) is 11.5 Å². The van der Waals surface area contributed by atoms with Gasteiger partial charge >= 0.3 is 0 Å². The van der Waals surface area contributed by atoms with Crippen molar-refractivity contribution in [3.05, 3.63) is 157 Å². The zero-order chi connectivity index (χ0) is 31.1. The summed E-state index contributed by atoms with van der Waals surface area (Å²) in [7, 11) is 0. The van der Waals surface area contributed by atoms with Crippen molar-refractivity contribution in [2.45, 2.75) is 0 Å². The summed E-state index contributed by atoms with van der Waals surface area (Å²) < 4.78 is 6.43. The van der Waals surface area contributed by atoms with Gasteiger partial charge in [0.15, 0.2) is 0 Å². The number of nitrogens with zero attached hydrogens (tertiary/aromatic N) is 1. The van der Waals surface area contributed by atoms with E-state index in [0.717, 1.165) is 33.4 Å². The van der Waals surface area contributed by atoms with Crippen LogP contribution in [-0.2, 0) is 0 Å². The Morgan fingerprint density at radius 1 is 0.362 bits per heavy atom. The Morgan fingerprint density at radius 3 is 1.64 bits per heavy atom. The fourth-order valence-electron chi connectivity index (χ4n) is 7.79. The molecule has 47 heavy (non-hydrogen) atoms. The van der Waals surface area contributed by atoms with Crippen LogP contribution < -0.4 is 4.74 Å². The quantitative estimate of drug-likeness (QED) is 0.186. The standard InChI is InChI=1S/C45H25NO/c46-26-27-19-20-36-38-18-8-17-37-35(21-22-43(45(37)38)47-44(36)23-27)40-25-42-33-14-5-3-12-31(33)39(24-41(42)34-15-6-4-13-32(34)40)30-16-7-10-28-9-1-2-11-29(28)30/h1-25H. The Hall–Kier alpha value is -6.43. The molecule has 0 saturated heterocycles. The highest BCUT2D eigenvalue weighted by Gasteiger charge is 2.23. The van der Waals surface area contributed by atoms with Crippen molar-refractivity contribution in [3.8, 4) is 50.9 Å². The van der Waals surface area contributed by atoms with E-state index in [1.165, 1.54) is 65.3 Å². The molecule has 0 amide bonds. The molecule has 0 saturated carbocycles. The van der Waals surface area contributed by atoms with Crippen molar-refractivity contribution in [2.75, 3.05) is 0 Å². The van der Waals surface area contributed by atoms with Gasteiger partial charge in [-0.15, -0.1) is 0 Å². The Kier molecular flexibility index (Phi) is 5.38. The molecular formula is C45H25NO. The molecule has 9 aromatic carbocycles. The summed E-state index contributed by atoms with van der Waals surface area (Å²) in [5.41, 5.74) is 7.60. The number of nitriles is 1. The lowest BCUT2D eigenvalue weighted by atomic mass is 9.85. The van der Waals surface area contributed by atoms with Gasteiger partial charge in [-0.1, -0.05) is 115 Å². The number of fused-ring (bicyclic) bond motifs is 8. The number of rotatable bonds is 2. The van der Waals surface area contributed by atoms with Crippen molar-refractivity contribution in [3.63, 3.8) is 0 Å². The van der Waals surface area contributed by atoms with E-state index in [2.05, 4.69) is 140 Å². The molecule has 0 spiro atoms. The second-order valence-electron chi connectivity index (χ2n) is 12.3. The van der Waals surface area contributed by atoms with Gasteiger partial charge in [-0.05, 0) is 113 Å². The third-order valence-corrected chi connectivity index (χ3v) is 9.88. The molecule has 0 unspecified atom stereocenters. The molecule has 1 aliphatic heterocycles. The average molecular weight is 596 g/mol. The highest BCUT2D eigenvalue weighted by Crippen LogP contribution is 2.50. The van der Waals surface area contributed by atoms with Crippen molar-refractivity contribution < 1.29 is 4.74 Å². The van der Waals surface area contributed by atoms with E-state index in [1.807, 2.05) is 18.2 Å². The van der Waals surface area contributed by atoms with Gasteiger partial charge in [0.25, 0.3) is 0 Å². The summed E-state index contributed by atoms with van der Waals surface area (Å²) in [5.74, 6) is 1.54. The lowest BCUT2D eigenvalue weighted by molar-refractivity contribution is 0.487. The van der Waals surface area contributed by atoms with Crippen LogP contribution in [0.25, 0.3) is 87.2 Å². The van der Waals surface area contributed by atoms with Gasteiger partial charge < -0.3 is 4.74 Å². The van der Waals surface area contributed by atoms with Gasteiger partial charge in [0.2, 0.25) is 0 Å². The van der Waals surface area contributed by atoms with Crippen LogP contribution in [-0.4, -0.2) is 0 Å². The smallest absolute Gasteiger partial charge is 0.136 e. The molecule has 0 aliphatic carbocycles. The summed E-state index contributed by atoms with van der Waals surface area (Å²) in [4.78, 5) is 0. The maximum absolute atomic E-state index is 9.49. The van der Waals surface area contributed by atoms with Gasteiger partial charge in [-0.2, -0.15) is 5.26 Å². The van der Waals surface area contributed by atoms with E-state index in [4.69, 9.17) is 4.74 Å². The molecule has 0 aromatic heterocycles. The average Bonchev–Trinajstić information content (AvgIpc) is 3.14. The fourth-order valence-corrected chi connectivity index (χ4v) is 7.79.